The number of carbonyl (C=O) groups is 2. The van der Waals surface area contributed by atoms with Crippen molar-refractivity contribution in [1.29, 1.82) is 0 Å². The maximum Gasteiger partial charge on any atom is 0.309 e. The van der Waals surface area contributed by atoms with Crippen molar-refractivity contribution in [3.8, 4) is 0 Å². The average molecular weight is 319 g/mol. The number of hydrogen-bond acceptors (Lipinski definition) is 5. The topological polar surface area (TPSA) is 71.5 Å². The minimum absolute atomic E-state index is 0.0125. The monoisotopic (exact) mass is 319 g/mol. The number of hydrogen-bond donors (Lipinski definition) is 1. The molecule has 2 heterocycles. The molecular formula is C17H25N3O3. The molecule has 0 aromatic carbocycles. The standard InChI is InChI=1S/C17H25N3O3/c1-4-23-17(22)13-6-9-20(10-7-13)16(21)14-5-8-18-15(11-14)19-12(2)3/h5,8,11-13H,4,6-7,9-10H2,1-3H3,(H,18,19). The van der Waals surface area contributed by atoms with Crippen LogP contribution in [0.3, 0.4) is 0 Å². The quantitative estimate of drug-likeness (QED) is 0.843. The van der Waals surface area contributed by atoms with Crippen LogP contribution in [0.4, 0.5) is 5.82 Å². The Kier molecular flexibility index (Phi) is 5.96. The van der Waals surface area contributed by atoms with E-state index in [1.165, 1.54) is 0 Å². The van der Waals surface area contributed by atoms with Crippen molar-refractivity contribution in [3.05, 3.63) is 23.9 Å². The van der Waals surface area contributed by atoms with Crippen LogP contribution in [0, 0.1) is 5.92 Å². The molecule has 0 aliphatic carbocycles. The van der Waals surface area contributed by atoms with Gasteiger partial charge in [0.15, 0.2) is 0 Å². The number of piperidine rings is 1. The first-order valence-electron chi connectivity index (χ1n) is 8.19. The zero-order chi connectivity index (χ0) is 16.8. The maximum absolute atomic E-state index is 12.6. The number of amides is 1. The molecule has 0 radical (unpaired) electrons. The van der Waals surface area contributed by atoms with Crippen LogP contribution in [-0.2, 0) is 9.53 Å². The Bertz CT molecular complexity index is 552. The number of anilines is 1. The highest BCUT2D eigenvalue weighted by atomic mass is 16.5. The molecule has 1 aliphatic heterocycles. The van der Waals surface area contributed by atoms with Gasteiger partial charge in [-0.1, -0.05) is 0 Å². The van der Waals surface area contributed by atoms with Crippen molar-refractivity contribution in [2.45, 2.75) is 39.7 Å². The summed E-state index contributed by atoms with van der Waals surface area (Å²) in [5.74, 6) is 0.454. The molecule has 1 aromatic rings. The molecule has 0 saturated carbocycles. The van der Waals surface area contributed by atoms with Crippen LogP contribution >= 0.6 is 0 Å². The van der Waals surface area contributed by atoms with Gasteiger partial charge in [0.1, 0.15) is 5.82 Å². The Hall–Kier alpha value is -2.11. The minimum Gasteiger partial charge on any atom is -0.466 e. The fourth-order valence-corrected chi connectivity index (χ4v) is 2.70. The molecule has 0 unspecified atom stereocenters. The van der Waals surface area contributed by atoms with Crippen LogP contribution in [0.25, 0.3) is 0 Å². The molecule has 1 amide bonds. The summed E-state index contributed by atoms with van der Waals surface area (Å²) < 4.78 is 5.06. The smallest absolute Gasteiger partial charge is 0.309 e. The molecule has 1 N–H and O–H groups in total. The van der Waals surface area contributed by atoms with Crippen molar-refractivity contribution in [2.75, 3.05) is 25.0 Å². The summed E-state index contributed by atoms with van der Waals surface area (Å²) in [5, 5.41) is 3.20. The number of aromatic nitrogens is 1. The second-order valence-electron chi connectivity index (χ2n) is 6.05. The van der Waals surface area contributed by atoms with E-state index in [2.05, 4.69) is 10.3 Å². The number of carbonyl (C=O) groups excluding carboxylic acids is 2. The predicted molar refractivity (Wildman–Crippen MR) is 88.3 cm³/mol. The first kappa shape index (κ1) is 17.2. The van der Waals surface area contributed by atoms with Crippen LogP contribution in [-0.4, -0.2) is 47.5 Å². The van der Waals surface area contributed by atoms with Crippen LogP contribution in [0.5, 0.6) is 0 Å². The third kappa shape index (κ3) is 4.68. The normalized spacial score (nSPS) is 15.6. The molecule has 23 heavy (non-hydrogen) atoms. The number of pyridine rings is 1. The van der Waals surface area contributed by atoms with E-state index < -0.39 is 0 Å². The summed E-state index contributed by atoms with van der Waals surface area (Å²) in [5.41, 5.74) is 0.623. The van der Waals surface area contributed by atoms with Gasteiger partial charge in [0.25, 0.3) is 5.91 Å². The number of nitrogens with zero attached hydrogens (tertiary/aromatic N) is 2. The Balaban J connectivity index is 1.96. The van der Waals surface area contributed by atoms with Crippen LogP contribution in [0.15, 0.2) is 18.3 Å². The third-order valence-corrected chi connectivity index (χ3v) is 3.85. The average Bonchev–Trinajstić information content (AvgIpc) is 2.54. The molecule has 6 nitrogen and oxygen atoms in total. The highest BCUT2D eigenvalue weighted by molar-refractivity contribution is 5.95. The van der Waals surface area contributed by atoms with Gasteiger partial charge in [0.05, 0.1) is 12.5 Å². The van der Waals surface area contributed by atoms with Gasteiger partial charge < -0.3 is 15.0 Å². The molecule has 6 heteroatoms. The van der Waals surface area contributed by atoms with E-state index in [9.17, 15) is 9.59 Å². The fraction of sp³-hybridized carbons (Fsp3) is 0.588. The lowest BCUT2D eigenvalue weighted by Gasteiger charge is -2.31. The summed E-state index contributed by atoms with van der Waals surface area (Å²) in [6.45, 7) is 7.42. The van der Waals surface area contributed by atoms with E-state index >= 15 is 0 Å². The summed E-state index contributed by atoms with van der Waals surface area (Å²) >= 11 is 0. The largest absolute Gasteiger partial charge is 0.466 e. The molecule has 1 saturated heterocycles. The van der Waals surface area contributed by atoms with Gasteiger partial charge in [-0.3, -0.25) is 9.59 Å². The van der Waals surface area contributed by atoms with Crippen molar-refractivity contribution in [1.82, 2.24) is 9.88 Å². The summed E-state index contributed by atoms with van der Waals surface area (Å²) in [6, 6.07) is 3.76. The Morgan fingerprint density at radius 1 is 1.39 bits per heavy atom. The first-order valence-corrected chi connectivity index (χ1v) is 8.19. The molecule has 126 valence electrons. The van der Waals surface area contributed by atoms with E-state index in [-0.39, 0.29) is 23.8 Å². The Morgan fingerprint density at radius 2 is 2.09 bits per heavy atom. The highest BCUT2D eigenvalue weighted by Crippen LogP contribution is 2.21. The second-order valence-corrected chi connectivity index (χ2v) is 6.05. The first-order chi connectivity index (χ1) is 11.0. The molecular weight excluding hydrogens is 294 g/mol. The van der Waals surface area contributed by atoms with E-state index in [1.807, 2.05) is 20.8 Å². The van der Waals surface area contributed by atoms with Gasteiger partial charge in [0, 0.05) is 30.9 Å². The number of rotatable bonds is 5. The van der Waals surface area contributed by atoms with Gasteiger partial charge in [-0.25, -0.2) is 4.98 Å². The number of ether oxygens (including phenoxy) is 1. The molecule has 1 aliphatic rings. The predicted octanol–water partition coefficient (Wildman–Crippen LogP) is 2.32. The van der Waals surface area contributed by atoms with E-state index in [4.69, 9.17) is 4.74 Å². The summed E-state index contributed by atoms with van der Waals surface area (Å²) in [7, 11) is 0. The lowest BCUT2D eigenvalue weighted by Crippen LogP contribution is -2.40. The van der Waals surface area contributed by atoms with Crippen molar-refractivity contribution >= 4 is 17.7 Å². The molecule has 0 spiro atoms. The minimum atomic E-state index is -0.146. The van der Waals surface area contributed by atoms with Crippen LogP contribution in [0.2, 0.25) is 0 Å². The Morgan fingerprint density at radius 3 is 2.70 bits per heavy atom. The SMILES string of the molecule is CCOC(=O)C1CCN(C(=O)c2ccnc(NC(C)C)c2)CC1. The van der Waals surface area contributed by atoms with E-state index in [0.717, 1.165) is 0 Å². The van der Waals surface area contributed by atoms with Gasteiger partial charge >= 0.3 is 5.97 Å². The van der Waals surface area contributed by atoms with Crippen molar-refractivity contribution < 1.29 is 14.3 Å². The summed E-state index contributed by atoms with van der Waals surface area (Å²) in [4.78, 5) is 30.4. The third-order valence-electron chi connectivity index (χ3n) is 3.85. The number of nitrogens with one attached hydrogen (secondary N) is 1. The molecule has 1 fully saturated rings. The van der Waals surface area contributed by atoms with Gasteiger partial charge in [0.2, 0.25) is 0 Å². The van der Waals surface area contributed by atoms with Crippen LogP contribution in [0.1, 0.15) is 44.0 Å². The molecule has 1 aromatic heterocycles. The number of esters is 1. The lowest BCUT2D eigenvalue weighted by molar-refractivity contribution is -0.149. The highest BCUT2D eigenvalue weighted by Gasteiger charge is 2.28. The summed E-state index contributed by atoms with van der Waals surface area (Å²) in [6.07, 6.45) is 2.96. The van der Waals surface area contributed by atoms with Gasteiger partial charge in [-0.2, -0.15) is 0 Å². The molecule has 0 bridgehead atoms. The van der Waals surface area contributed by atoms with Gasteiger partial charge in [-0.15, -0.1) is 0 Å². The second kappa shape index (κ2) is 7.94. The number of likely N-dealkylation sites (tertiary alicyclic amines) is 1. The van der Waals surface area contributed by atoms with E-state index in [0.29, 0.717) is 43.9 Å². The lowest BCUT2D eigenvalue weighted by atomic mass is 9.96. The zero-order valence-electron chi connectivity index (χ0n) is 14.0. The molecule has 2 rings (SSSR count). The maximum atomic E-state index is 12.6. The van der Waals surface area contributed by atoms with Crippen molar-refractivity contribution in [2.24, 2.45) is 5.92 Å². The van der Waals surface area contributed by atoms with E-state index in [1.54, 1.807) is 23.2 Å². The van der Waals surface area contributed by atoms with Gasteiger partial charge in [-0.05, 0) is 45.7 Å². The zero-order valence-corrected chi connectivity index (χ0v) is 14.0. The van der Waals surface area contributed by atoms with Crippen LogP contribution < -0.4 is 5.32 Å². The van der Waals surface area contributed by atoms with Crippen molar-refractivity contribution in [3.63, 3.8) is 0 Å². The Labute approximate surface area is 137 Å². The fourth-order valence-electron chi connectivity index (χ4n) is 2.70. The molecule has 0 atom stereocenters.